The van der Waals surface area contributed by atoms with Gasteiger partial charge in [-0.05, 0) is 24.3 Å². The van der Waals surface area contributed by atoms with Crippen LogP contribution < -0.4 is 10.1 Å². The molecule has 0 fully saturated rings. The summed E-state index contributed by atoms with van der Waals surface area (Å²) in [5.41, 5.74) is 1.11. The van der Waals surface area contributed by atoms with E-state index in [4.69, 9.17) is 11.6 Å². The molecule has 0 aliphatic rings. The van der Waals surface area contributed by atoms with Gasteiger partial charge in [-0.3, -0.25) is 4.79 Å². The number of hydrogen-bond donors (Lipinski definition) is 1. The predicted molar refractivity (Wildman–Crippen MR) is 87.2 cm³/mol. The lowest BCUT2D eigenvalue weighted by Crippen LogP contribution is -2.25. The maximum absolute atomic E-state index is 12.3. The van der Waals surface area contributed by atoms with Crippen molar-refractivity contribution in [2.24, 2.45) is 0 Å². The van der Waals surface area contributed by atoms with Crippen molar-refractivity contribution in [3.05, 3.63) is 59.1 Å². The molecule has 1 amide bonds. The minimum atomic E-state index is -4.52. The van der Waals surface area contributed by atoms with Gasteiger partial charge in [0.15, 0.2) is 6.61 Å². The summed E-state index contributed by atoms with van der Waals surface area (Å²) in [6.07, 6.45) is 0.0721. The molecule has 0 saturated carbocycles. The van der Waals surface area contributed by atoms with Crippen LogP contribution in [0.1, 0.15) is 16.1 Å². The average Bonchev–Trinajstić information content (AvgIpc) is 2.99. The van der Waals surface area contributed by atoms with Crippen molar-refractivity contribution < 1.29 is 22.7 Å². The number of nitrogens with zero attached hydrogens (tertiary/aromatic N) is 3. The molecule has 10 heteroatoms. The summed E-state index contributed by atoms with van der Waals surface area (Å²) in [4.78, 5) is 20.3. The van der Waals surface area contributed by atoms with Crippen LogP contribution in [0, 0.1) is 0 Å². The van der Waals surface area contributed by atoms with Gasteiger partial charge in [-0.15, -0.1) is 0 Å². The van der Waals surface area contributed by atoms with E-state index in [1.165, 1.54) is 18.3 Å². The van der Waals surface area contributed by atoms with E-state index < -0.39 is 18.7 Å². The molecule has 0 bridgehead atoms. The molecule has 136 valence electrons. The maximum Gasteiger partial charge on any atom is 0.422 e. The normalized spacial score (nSPS) is 11.5. The molecule has 6 nitrogen and oxygen atoms in total. The number of nitrogens with one attached hydrogen (secondary N) is 1. The first kappa shape index (κ1) is 18.0. The largest absolute Gasteiger partial charge is 0.467 e. The Morgan fingerprint density at radius 1 is 1.27 bits per heavy atom. The van der Waals surface area contributed by atoms with Gasteiger partial charge in [-0.25, -0.2) is 9.97 Å². The van der Waals surface area contributed by atoms with Crippen LogP contribution >= 0.6 is 11.6 Å². The van der Waals surface area contributed by atoms with Crippen LogP contribution in [0.5, 0.6) is 5.88 Å². The van der Waals surface area contributed by atoms with Gasteiger partial charge in [-0.2, -0.15) is 13.2 Å². The number of amides is 1. The second-order valence-electron chi connectivity index (χ2n) is 5.29. The Morgan fingerprint density at radius 3 is 2.85 bits per heavy atom. The van der Waals surface area contributed by atoms with E-state index in [1.54, 1.807) is 28.9 Å². The van der Waals surface area contributed by atoms with E-state index in [0.29, 0.717) is 16.4 Å². The fourth-order valence-electron chi connectivity index (χ4n) is 2.20. The van der Waals surface area contributed by atoms with Gasteiger partial charge >= 0.3 is 6.18 Å². The number of hydrogen-bond acceptors (Lipinski definition) is 4. The number of ether oxygens (including phenoxy) is 1. The van der Waals surface area contributed by atoms with Crippen molar-refractivity contribution >= 4 is 23.2 Å². The maximum atomic E-state index is 12.3. The third-order valence-electron chi connectivity index (χ3n) is 3.28. The summed E-state index contributed by atoms with van der Waals surface area (Å²) in [6.45, 7) is -1.46. The summed E-state index contributed by atoms with van der Waals surface area (Å²) in [6, 6.07) is 6.17. The number of alkyl halides is 3. The fourth-order valence-corrected chi connectivity index (χ4v) is 2.37. The first-order chi connectivity index (χ1) is 12.3. The van der Waals surface area contributed by atoms with Crippen molar-refractivity contribution in [1.29, 1.82) is 0 Å². The predicted octanol–water partition coefficient (Wildman–Crippen LogP) is 3.25. The highest BCUT2D eigenvalue weighted by Gasteiger charge is 2.29. The summed E-state index contributed by atoms with van der Waals surface area (Å²) in [7, 11) is 0. The molecule has 1 N–H and O–H groups in total. The molecule has 0 aliphatic carbocycles. The minimum Gasteiger partial charge on any atom is -0.467 e. The zero-order valence-corrected chi connectivity index (χ0v) is 13.9. The molecule has 0 unspecified atom stereocenters. The van der Waals surface area contributed by atoms with Crippen LogP contribution in [0.2, 0.25) is 5.02 Å². The second-order valence-corrected chi connectivity index (χ2v) is 5.72. The van der Waals surface area contributed by atoms with Crippen LogP contribution in [-0.4, -0.2) is 33.1 Å². The Labute approximate surface area is 150 Å². The Bertz CT molecular complexity index is 943. The first-order valence-corrected chi connectivity index (χ1v) is 7.75. The Morgan fingerprint density at radius 2 is 2.08 bits per heavy atom. The summed E-state index contributed by atoms with van der Waals surface area (Å²) in [5, 5.41) is 3.11. The monoisotopic (exact) mass is 384 g/mol. The summed E-state index contributed by atoms with van der Waals surface area (Å²) >= 11 is 5.90. The quantitative estimate of drug-likeness (QED) is 0.733. The van der Waals surface area contributed by atoms with E-state index >= 15 is 0 Å². The van der Waals surface area contributed by atoms with Crippen molar-refractivity contribution in [2.45, 2.75) is 12.7 Å². The number of aromatic nitrogens is 3. The van der Waals surface area contributed by atoms with E-state index in [0.717, 1.165) is 0 Å². The third-order valence-corrected chi connectivity index (χ3v) is 3.51. The van der Waals surface area contributed by atoms with Crippen molar-refractivity contribution in [3.63, 3.8) is 0 Å². The van der Waals surface area contributed by atoms with Gasteiger partial charge in [0.05, 0.1) is 17.3 Å². The number of rotatable bonds is 5. The molecule has 0 aromatic carbocycles. The second kappa shape index (κ2) is 7.20. The van der Waals surface area contributed by atoms with E-state index in [2.05, 4.69) is 20.0 Å². The minimum absolute atomic E-state index is 0.0751. The molecule has 0 atom stereocenters. The average molecular weight is 385 g/mol. The number of carbonyl (C=O) groups is 1. The number of fused-ring (bicyclic) bond motifs is 1. The van der Waals surface area contributed by atoms with Gasteiger partial charge in [-0.1, -0.05) is 11.6 Å². The summed E-state index contributed by atoms with van der Waals surface area (Å²) < 4.78 is 43.2. The highest BCUT2D eigenvalue weighted by atomic mass is 35.5. The van der Waals surface area contributed by atoms with E-state index in [1.807, 2.05) is 0 Å². The van der Waals surface area contributed by atoms with Crippen LogP contribution in [0.15, 0.2) is 42.9 Å². The Hall–Kier alpha value is -2.81. The van der Waals surface area contributed by atoms with Crippen LogP contribution in [0.25, 0.3) is 5.65 Å². The third kappa shape index (κ3) is 4.42. The lowest BCUT2D eigenvalue weighted by Gasteiger charge is -2.11. The SMILES string of the molecule is O=C(NCc1cn2cc(Cl)ccc2n1)c1cccnc1OCC(F)(F)F. The Balaban J connectivity index is 1.69. The van der Waals surface area contributed by atoms with Gasteiger partial charge < -0.3 is 14.5 Å². The van der Waals surface area contributed by atoms with Gasteiger partial charge in [0, 0.05) is 18.6 Å². The van der Waals surface area contributed by atoms with Crippen LogP contribution in [-0.2, 0) is 6.54 Å². The zero-order valence-electron chi connectivity index (χ0n) is 13.1. The molecule has 26 heavy (non-hydrogen) atoms. The zero-order chi connectivity index (χ0) is 18.7. The topological polar surface area (TPSA) is 68.5 Å². The fraction of sp³-hybridized carbons (Fsp3) is 0.188. The smallest absolute Gasteiger partial charge is 0.422 e. The molecule has 0 aliphatic heterocycles. The first-order valence-electron chi connectivity index (χ1n) is 7.38. The van der Waals surface area contributed by atoms with Crippen molar-refractivity contribution in [3.8, 4) is 5.88 Å². The Kier molecular flexibility index (Phi) is 4.99. The molecule has 3 aromatic heterocycles. The molecule has 0 saturated heterocycles. The van der Waals surface area contributed by atoms with Crippen molar-refractivity contribution in [2.75, 3.05) is 6.61 Å². The van der Waals surface area contributed by atoms with Gasteiger partial charge in [0.2, 0.25) is 5.88 Å². The van der Waals surface area contributed by atoms with Crippen LogP contribution in [0.3, 0.4) is 0 Å². The standard InChI is InChI=1S/C16H12ClF3N4O2/c17-10-3-4-13-23-11(8-24(13)7-10)6-22-14(25)12-2-1-5-21-15(12)26-9-16(18,19)20/h1-5,7-8H,6,9H2,(H,22,25). The molecule has 3 rings (SSSR count). The van der Waals surface area contributed by atoms with Crippen molar-refractivity contribution in [1.82, 2.24) is 19.7 Å². The number of pyridine rings is 2. The summed E-state index contributed by atoms with van der Waals surface area (Å²) in [5.74, 6) is -1.01. The van der Waals surface area contributed by atoms with Gasteiger partial charge in [0.1, 0.15) is 11.2 Å². The number of halogens is 4. The van der Waals surface area contributed by atoms with Crippen LogP contribution in [0.4, 0.5) is 13.2 Å². The number of carbonyl (C=O) groups excluding carboxylic acids is 1. The van der Waals surface area contributed by atoms with Gasteiger partial charge in [0.25, 0.3) is 5.91 Å². The molecular weight excluding hydrogens is 373 g/mol. The highest BCUT2D eigenvalue weighted by molar-refractivity contribution is 6.30. The molecule has 3 heterocycles. The molecule has 0 spiro atoms. The molecule has 3 aromatic rings. The van der Waals surface area contributed by atoms with E-state index in [9.17, 15) is 18.0 Å². The molecular formula is C16H12ClF3N4O2. The number of imidazole rings is 1. The molecule has 0 radical (unpaired) electrons. The van der Waals surface area contributed by atoms with E-state index in [-0.39, 0.29) is 18.0 Å². The lowest BCUT2D eigenvalue weighted by molar-refractivity contribution is -0.154. The lowest BCUT2D eigenvalue weighted by atomic mass is 10.2. The highest BCUT2D eigenvalue weighted by Crippen LogP contribution is 2.20.